The molecular weight excluding hydrogens is 252 g/mol. The molecule has 1 atom stereocenters. The fourth-order valence-electron chi connectivity index (χ4n) is 3.44. The third-order valence-electron chi connectivity index (χ3n) is 4.72. The summed E-state index contributed by atoms with van der Waals surface area (Å²) in [5.41, 5.74) is -0.600. The van der Waals surface area contributed by atoms with E-state index < -0.39 is 5.54 Å². The Hall–Kier alpha value is -1.06. The number of rotatable bonds is 3. The van der Waals surface area contributed by atoms with E-state index in [1.807, 2.05) is 11.8 Å². The zero-order chi connectivity index (χ0) is 14.8. The van der Waals surface area contributed by atoms with Crippen molar-refractivity contribution in [1.29, 1.82) is 0 Å². The van der Waals surface area contributed by atoms with Crippen LogP contribution in [-0.2, 0) is 9.59 Å². The second kappa shape index (κ2) is 6.15. The third-order valence-corrected chi connectivity index (χ3v) is 4.72. The van der Waals surface area contributed by atoms with Crippen molar-refractivity contribution in [1.82, 2.24) is 10.2 Å². The van der Waals surface area contributed by atoms with Crippen LogP contribution in [0.4, 0.5) is 0 Å². The van der Waals surface area contributed by atoms with Gasteiger partial charge in [-0.1, -0.05) is 33.1 Å². The van der Waals surface area contributed by atoms with E-state index in [0.29, 0.717) is 12.3 Å². The van der Waals surface area contributed by atoms with Crippen LogP contribution in [0.15, 0.2) is 0 Å². The van der Waals surface area contributed by atoms with Gasteiger partial charge in [-0.25, -0.2) is 0 Å². The van der Waals surface area contributed by atoms with Gasteiger partial charge in [0.15, 0.2) is 0 Å². The molecule has 114 valence electrons. The Kier molecular flexibility index (Phi) is 4.71. The number of carbonyl (C=O) groups excluding carboxylic acids is 2. The number of amides is 2. The van der Waals surface area contributed by atoms with E-state index in [1.165, 1.54) is 6.42 Å². The smallest absolute Gasteiger partial charge is 0.248 e. The zero-order valence-electron chi connectivity index (χ0n) is 13.1. The normalized spacial score (nSPS) is 26.8. The van der Waals surface area contributed by atoms with E-state index in [9.17, 15) is 9.59 Å². The summed E-state index contributed by atoms with van der Waals surface area (Å²) < 4.78 is 0. The maximum absolute atomic E-state index is 13.0. The second-order valence-corrected chi connectivity index (χ2v) is 6.93. The van der Waals surface area contributed by atoms with Crippen LogP contribution in [0.3, 0.4) is 0 Å². The van der Waals surface area contributed by atoms with Gasteiger partial charge in [0.25, 0.3) is 0 Å². The van der Waals surface area contributed by atoms with Gasteiger partial charge in [-0.05, 0) is 32.1 Å². The van der Waals surface area contributed by atoms with Crippen molar-refractivity contribution in [3.63, 3.8) is 0 Å². The number of hydrogen-bond acceptors (Lipinski definition) is 2. The average Bonchev–Trinajstić information content (AvgIpc) is 2.45. The predicted molar refractivity (Wildman–Crippen MR) is 79.2 cm³/mol. The van der Waals surface area contributed by atoms with E-state index in [-0.39, 0.29) is 17.9 Å². The van der Waals surface area contributed by atoms with Crippen molar-refractivity contribution in [2.75, 3.05) is 6.54 Å². The molecule has 0 bridgehead atoms. The van der Waals surface area contributed by atoms with Crippen molar-refractivity contribution in [3.8, 4) is 0 Å². The molecule has 1 N–H and O–H groups in total. The summed E-state index contributed by atoms with van der Waals surface area (Å²) in [5, 5.41) is 3.06. The first kappa shape index (κ1) is 15.3. The van der Waals surface area contributed by atoms with E-state index in [2.05, 4.69) is 19.2 Å². The first-order chi connectivity index (χ1) is 9.44. The molecule has 4 nitrogen and oxygen atoms in total. The molecule has 1 unspecified atom stereocenters. The average molecular weight is 280 g/mol. The lowest BCUT2D eigenvalue weighted by Crippen LogP contribution is -2.58. The van der Waals surface area contributed by atoms with Gasteiger partial charge in [0, 0.05) is 19.0 Å². The molecule has 2 rings (SSSR count). The van der Waals surface area contributed by atoms with Crippen molar-refractivity contribution in [3.05, 3.63) is 0 Å². The second-order valence-electron chi connectivity index (χ2n) is 6.93. The van der Waals surface area contributed by atoms with Crippen LogP contribution >= 0.6 is 0 Å². The highest BCUT2D eigenvalue weighted by Crippen LogP contribution is 2.33. The molecule has 2 amide bonds. The predicted octanol–water partition coefficient (Wildman–Crippen LogP) is 2.47. The maximum Gasteiger partial charge on any atom is 0.248 e. The van der Waals surface area contributed by atoms with E-state index >= 15 is 0 Å². The molecular formula is C16H28N2O2. The molecule has 0 radical (unpaired) electrons. The Morgan fingerprint density at radius 2 is 1.90 bits per heavy atom. The third kappa shape index (κ3) is 3.15. The molecule has 1 aliphatic carbocycles. The number of hydrogen-bond donors (Lipinski definition) is 1. The monoisotopic (exact) mass is 280 g/mol. The van der Waals surface area contributed by atoms with Crippen LogP contribution in [0.2, 0.25) is 0 Å². The maximum atomic E-state index is 13.0. The Balaban J connectivity index is 2.20. The molecule has 1 aliphatic heterocycles. The molecule has 2 fully saturated rings. The largest absolute Gasteiger partial charge is 0.342 e. The molecule has 4 heteroatoms. The molecule has 0 aromatic heterocycles. The van der Waals surface area contributed by atoms with Gasteiger partial charge in [-0.2, -0.15) is 0 Å². The summed E-state index contributed by atoms with van der Waals surface area (Å²) in [7, 11) is 0. The Labute approximate surface area is 122 Å². The highest BCUT2D eigenvalue weighted by molar-refractivity contribution is 5.94. The van der Waals surface area contributed by atoms with E-state index in [4.69, 9.17) is 0 Å². The molecule has 0 aromatic carbocycles. The van der Waals surface area contributed by atoms with Crippen LogP contribution in [0.1, 0.15) is 65.7 Å². The fraction of sp³-hybridized carbons (Fsp3) is 0.875. The highest BCUT2D eigenvalue weighted by atomic mass is 16.2. The van der Waals surface area contributed by atoms with Crippen LogP contribution in [-0.4, -0.2) is 34.8 Å². The van der Waals surface area contributed by atoms with Crippen LogP contribution in [0.25, 0.3) is 0 Å². The summed E-state index contributed by atoms with van der Waals surface area (Å²) >= 11 is 0. The molecule has 0 aromatic rings. The molecule has 1 saturated heterocycles. The minimum atomic E-state index is -0.600. The van der Waals surface area contributed by atoms with Crippen molar-refractivity contribution < 1.29 is 9.59 Å². The van der Waals surface area contributed by atoms with Gasteiger partial charge in [0.1, 0.15) is 5.54 Å². The van der Waals surface area contributed by atoms with Crippen molar-refractivity contribution in [2.45, 2.75) is 77.3 Å². The van der Waals surface area contributed by atoms with Gasteiger partial charge in [0.2, 0.25) is 11.8 Å². The number of nitrogens with one attached hydrogen (secondary N) is 1. The summed E-state index contributed by atoms with van der Waals surface area (Å²) in [6.45, 7) is 7.12. The minimum absolute atomic E-state index is 0.0163. The molecule has 1 heterocycles. The van der Waals surface area contributed by atoms with Crippen molar-refractivity contribution >= 4 is 11.8 Å². The van der Waals surface area contributed by atoms with Crippen molar-refractivity contribution in [2.24, 2.45) is 5.92 Å². The molecule has 1 saturated carbocycles. The first-order valence-corrected chi connectivity index (χ1v) is 8.07. The van der Waals surface area contributed by atoms with Crippen LogP contribution < -0.4 is 5.32 Å². The standard InChI is InChI=1S/C16H28N2O2/c1-12(2)7-10-18-13(3)11-14(19)17-16(15(18)20)8-5-4-6-9-16/h12-13H,4-11H2,1-3H3,(H,17,19). The van der Waals surface area contributed by atoms with Gasteiger partial charge in [0.05, 0.1) is 0 Å². The number of nitrogens with zero attached hydrogens (tertiary/aromatic N) is 1. The zero-order valence-corrected chi connectivity index (χ0v) is 13.1. The van der Waals surface area contributed by atoms with Gasteiger partial charge in [-0.3, -0.25) is 9.59 Å². The lowest BCUT2D eigenvalue weighted by Gasteiger charge is -2.39. The molecule has 2 aliphatic rings. The topological polar surface area (TPSA) is 49.4 Å². The number of carbonyl (C=O) groups is 2. The summed E-state index contributed by atoms with van der Waals surface area (Å²) in [6.07, 6.45) is 6.31. The van der Waals surface area contributed by atoms with Crippen LogP contribution in [0, 0.1) is 5.92 Å². The Morgan fingerprint density at radius 3 is 2.50 bits per heavy atom. The van der Waals surface area contributed by atoms with Gasteiger partial charge in [-0.15, -0.1) is 0 Å². The van der Waals surface area contributed by atoms with Gasteiger partial charge < -0.3 is 10.2 Å². The minimum Gasteiger partial charge on any atom is -0.342 e. The van der Waals surface area contributed by atoms with Gasteiger partial charge >= 0.3 is 0 Å². The van der Waals surface area contributed by atoms with E-state index in [0.717, 1.165) is 38.6 Å². The lowest BCUT2D eigenvalue weighted by atomic mass is 9.80. The fourth-order valence-corrected chi connectivity index (χ4v) is 3.44. The first-order valence-electron chi connectivity index (χ1n) is 8.07. The molecule has 1 spiro atoms. The highest BCUT2D eigenvalue weighted by Gasteiger charge is 2.46. The Morgan fingerprint density at radius 1 is 1.25 bits per heavy atom. The van der Waals surface area contributed by atoms with E-state index in [1.54, 1.807) is 0 Å². The lowest BCUT2D eigenvalue weighted by molar-refractivity contribution is -0.141. The quantitative estimate of drug-likeness (QED) is 0.863. The summed E-state index contributed by atoms with van der Waals surface area (Å²) in [4.78, 5) is 27.1. The SMILES string of the molecule is CC(C)CCN1C(=O)C2(CCCCC2)NC(=O)CC1C. The summed E-state index contributed by atoms with van der Waals surface area (Å²) in [5.74, 6) is 0.778. The Bertz CT molecular complexity index is 373. The van der Waals surface area contributed by atoms with Crippen LogP contribution in [0.5, 0.6) is 0 Å². The molecule has 20 heavy (non-hydrogen) atoms. The summed E-state index contributed by atoms with van der Waals surface area (Å²) in [6, 6.07) is 0.0163.